The van der Waals surface area contributed by atoms with Crippen LogP contribution in [0.4, 0.5) is 5.69 Å². The molecule has 26 heavy (non-hydrogen) atoms. The smallest absolute Gasteiger partial charge is 0.258 e. The summed E-state index contributed by atoms with van der Waals surface area (Å²) in [5.41, 5.74) is 1.13. The number of anilines is 1. The molecule has 0 unspecified atom stereocenters. The van der Waals surface area contributed by atoms with Gasteiger partial charge in [-0.15, -0.1) is 0 Å². The van der Waals surface area contributed by atoms with Crippen LogP contribution in [0.3, 0.4) is 0 Å². The molecule has 0 aliphatic carbocycles. The molecule has 0 radical (unpaired) electrons. The summed E-state index contributed by atoms with van der Waals surface area (Å²) in [6.07, 6.45) is 1.61. The first-order chi connectivity index (χ1) is 12.4. The minimum absolute atomic E-state index is 0.0474. The number of hydrogen-bond donors (Lipinski definition) is 0. The number of sulfone groups is 1. The van der Waals surface area contributed by atoms with Crippen molar-refractivity contribution >= 4 is 21.4 Å². The molecule has 0 saturated carbocycles. The molecule has 0 fully saturated rings. The third-order valence-electron chi connectivity index (χ3n) is 3.97. The normalized spacial score (nSPS) is 18.0. The predicted molar refractivity (Wildman–Crippen MR) is 102 cm³/mol. The Hall–Kier alpha value is -2.60. The summed E-state index contributed by atoms with van der Waals surface area (Å²) >= 11 is 0. The lowest BCUT2D eigenvalue weighted by Gasteiger charge is -2.28. The van der Waals surface area contributed by atoms with Crippen LogP contribution in [0.15, 0.2) is 66.1 Å². The fourth-order valence-electron chi connectivity index (χ4n) is 2.86. The van der Waals surface area contributed by atoms with Gasteiger partial charge < -0.3 is 9.64 Å². The lowest BCUT2D eigenvalue weighted by molar-refractivity contribution is 0.0983. The average Bonchev–Trinajstić information content (AvgIpc) is 2.95. The van der Waals surface area contributed by atoms with Gasteiger partial charge in [0.1, 0.15) is 5.75 Å². The molecular weight excluding hydrogens is 350 g/mol. The Labute approximate surface area is 153 Å². The van der Waals surface area contributed by atoms with E-state index in [9.17, 15) is 13.2 Å². The molecule has 2 aromatic rings. The Morgan fingerprint density at radius 3 is 2.27 bits per heavy atom. The number of rotatable bonds is 5. The van der Waals surface area contributed by atoms with Crippen LogP contribution in [0.1, 0.15) is 24.2 Å². The molecule has 3 rings (SSSR count). The molecular formula is C20H21NO4S. The molecule has 6 heteroatoms. The van der Waals surface area contributed by atoms with E-state index in [0.717, 1.165) is 0 Å². The van der Waals surface area contributed by atoms with Crippen molar-refractivity contribution in [2.75, 3.05) is 10.7 Å². The number of para-hydroxylation sites is 1. The zero-order chi connectivity index (χ0) is 18.7. The van der Waals surface area contributed by atoms with Gasteiger partial charge in [-0.1, -0.05) is 18.2 Å². The van der Waals surface area contributed by atoms with E-state index in [1.54, 1.807) is 42.5 Å². The molecule has 0 bridgehead atoms. The van der Waals surface area contributed by atoms with E-state index in [-0.39, 0.29) is 17.8 Å². The lowest BCUT2D eigenvalue weighted by Crippen LogP contribution is -2.41. The van der Waals surface area contributed by atoms with Crippen LogP contribution in [0.2, 0.25) is 0 Å². The van der Waals surface area contributed by atoms with E-state index in [1.165, 1.54) is 10.3 Å². The summed E-state index contributed by atoms with van der Waals surface area (Å²) in [7, 11) is -3.28. The molecule has 1 aliphatic heterocycles. The Kier molecular flexibility index (Phi) is 5.13. The van der Waals surface area contributed by atoms with Gasteiger partial charge in [-0.2, -0.15) is 0 Å². The molecule has 0 spiro atoms. The highest BCUT2D eigenvalue weighted by molar-refractivity contribution is 7.94. The van der Waals surface area contributed by atoms with Crippen molar-refractivity contribution in [3.05, 3.63) is 71.6 Å². The summed E-state index contributed by atoms with van der Waals surface area (Å²) in [5, 5.41) is 1.18. The van der Waals surface area contributed by atoms with E-state index >= 15 is 0 Å². The molecule has 0 N–H and O–H groups in total. The van der Waals surface area contributed by atoms with E-state index in [4.69, 9.17) is 4.74 Å². The van der Waals surface area contributed by atoms with Gasteiger partial charge in [-0.3, -0.25) is 4.79 Å². The third-order valence-corrected chi connectivity index (χ3v) is 5.35. The standard InChI is InChI=1S/C20H21NO4S/c1-15(2)25-19-10-8-16(9-11-19)20(22)21(17-6-4-3-5-7-17)18-12-13-26(23,24)14-18/h3-13,15,18H,14H2,1-2H3/t18-/m0/s1. The maximum Gasteiger partial charge on any atom is 0.258 e. The monoisotopic (exact) mass is 371 g/mol. The summed E-state index contributed by atoms with van der Waals surface area (Å²) in [6.45, 7) is 3.87. The molecule has 136 valence electrons. The van der Waals surface area contributed by atoms with Gasteiger partial charge in [0.15, 0.2) is 9.84 Å². The Morgan fingerprint density at radius 2 is 1.73 bits per heavy atom. The van der Waals surface area contributed by atoms with Crippen molar-refractivity contribution in [2.45, 2.75) is 26.0 Å². The summed E-state index contributed by atoms with van der Waals surface area (Å²) in [6, 6.07) is 15.5. The summed E-state index contributed by atoms with van der Waals surface area (Å²) < 4.78 is 29.3. The van der Waals surface area contributed by atoms with Crippen molar-refractivity contribution in [1.82, 2.24) is 0 Å². The highest BCUT2D eigenvalue weighted by Gasteiger charge is 2.31. The van der Waals surface area contributed by atoms with Crippen LogP contribution in [0.5, 0.6) is 5.75 Å². The van der Waals surface area contributed by atoms with Gasteiger partial charge in [-0.05, 0) is 56.3 Å². The minimum Gasteiger partial charge on any atom is -0.491 e. The molecule has 1 atom stereocenters. The first-order valence-electron chi connectivity index (χ1n) is 8.42. The third kappa shape index (κ3) is 4.14. The van der Waals surface area contributed by atoms with Gasteiger partial charge >= 0.3 is 0 Å². The number of carbonyl (C=O) groups is 1. The minimum atomic E-state index is -3.28. The quantitative estimate of drug-likeness (QED) is 0.808. The second-order valence-electron chi connectivity index (χ2n) is 6.43. The molecule has 0 saturated heterocycles. The highest BCUT2D eigenvalue weighted by atomic mass is 32.2. The number of benzene rings is 2. The van der Waals surface area contributed by atoms with Gasteiger partial charge in [0.2, 0.25) is 0 Å². The fraction of sp³-hybridized carbons (Fsp3) is 0.250. The maximum absolute atomic E-state index is 13.1. The van der Waals surface area contributed by atoms with E-state index in [1.807, 2.05) is 32.0 Å². The molecule has 5 nitrogen and oxygen atoms in total. The highest BCUT2D eigenvalue weighted by Crippen LogP contribution is 2.25. The first-order valence-corrected chi connectivity index (χ1v) is 10.1. The number of amides is 1. The van der Waals surface area contributed by atoms with Crippen LogP contribution < -0.4 is 9.64 Å². The molecule has 1 heterocycles. The second-order valence-corrected chi connectivity index (χ2v) is 8.36. The number of nitrogens with zero attached hydrogens (tertiary/aromatic N) is 1. The Bertz CT molecular complexity index is 903. The van der Waals surface area contributed by atoms with Gasteiger partial charge in [0, 0.05) is 16.7 Å². The largest absolute Gasteiger partial charge is 0.491 e. The number of ether oxygens (including phenoxy) is 1. The van der Waals surface area contributed by atoms with Crippen LogP contribution in [0, 0.1) is 0 Å². The zero-order valence-electron chi connectivity index (χ0n) is 14.7. The van der Waals surface area contributed by atoms with E-state index in [2.05, 4.69) is 0 Å². The van der Waals surface area contributed by atoms with Crippen molar-refractivity contribution in [3.63, 3.8) is 0 Å². The molecule has 2 aromatic carbocycles. The van der Waals surface area contributed by atoms with Crippen LogP contribution in [0.25, 0.3) is 0 Å². The van der Waals surface area contributed by atoms with Crippen molar-refractivity contribution < 1.29 is 17.9 Å². The van der Waals surface area contributed by atoms with Gasteiger partial charge in [0.25, 0.3) is 5.91 Å². The molecule has 0 aromatic heterocycles. The van der Waals surface area contributed by atoms with Crippen LogP contribution in [-0.4, -0.2) is 32.2 Å². The lowest BCUT2D eigenvalue weighted by atomic mass is 10.1. The van der Waals surface area contributed by atoms with Crippen molar-refractivity contribution in [1.29, 1.82) is 0 Å². The maximum atomic E-state index is 13.1. The topological polar surface area (TPSA) is 63.7 Å². The van der Waals surface area contributed by atoms with E-state index in [0.29, 0.717) is 17.0 Å². The van der Waals surface area contributed by atoms with Gasteiger partial charge in [-0.25, -0.2) is 8.42 Å². The van der Waals surface area contributed by atoms with E-state index < -0.39 is 15.9 Å². The fourth-order valence-corrected chi connectivity index (χ4v) is 4.12. The summed E-state index contributed by atoms with van der Waals surface area (Å²) in [5.74, 6) is 0.326. The SMILES string of the molecule is CC(C)Oc1ccc(C(=O)N(c2ccccc2)[C@H]2C=CS(=O)(=O)C2)cc1. The Balaban J connectivity index is 1.92. The van der Waals surface area contributed by atoms with Crippen molar-refractivity contribution in [2.24, 2.45) is 0 Å². The van der Waals surface area contributed by atoms with Crippen LogP contribution >= 0.6 is 0 Å². The predicted octanol–water partition coefficient (Wildman–Crippen LogP) is 3.43. The van der Waals surface area contributed by atoms with Gasteiger partial charge in [0.05, 0.1) is 17.9 Å². The first kappa shape index (κ1) is 18.2. The van der Waals surface area contributed by atoms with Crippen LogP contribution in [-0.2, 0) is 9.84 Å². The second kappa shape index (κ2) is 7.33. The number of carbonyl (C=O) groups excluding carboxylic acids is 1. The molecule has 1 amide bonds. The summed E-state index contributed by atoms with van der Waals surface area (Å²) in [4.78, 5) is 14.7. The van der Waals surface area contributed by atoms with Crippen molar-refractivity contribution in [3.8, 4) is 5.75 Å². The average molecular weight is 371 g/mol. The molecule has 1 aliphatic rings. The zero-order valence-corrected chi connectivity index (χ0v) is 15.5. The Morgan fingerprint density at radius 1 is 1.08 bits per heavy atom. The number of hydrogen-bond acceptors (Lipinski definition) is 4.